The van der Waals surface area contributed by atoms with Crippen LogP contribution in [0.15, 0.2) is 0 Å². The van der Waals surface area contributed by atoms with Crippen LogP contribution in [0.5, 0.6) is 0 Å². The highest BCUT2D eigenvalue weighted by molar-refractivity contribution is 5.87. The first-order valence-corrected chi connectivity index (χ1v) is 7.19. The van der Waals surface area contributed by atoms with Gasteiger partial charge in [-0.15, -0.1) is 0 Å². The standard InChI is InChI=1S/C14H24N2O4/c1-10(2)15-11(17)6-5-7-12(18)16-14(13(19)20)8-3-4-9-14/h10H,3-9H2,1-2H3,(H,15,17)(H,16,18)(H,19,20). The number of carbonyl (C=O) groups excluding carboxylic acids is 2. The van der Waals surface area contributed by atoms with Crippen molar-refractivity contribution >= 4 is 17.8 Å². The van der Waals surface area contributed by atoms with Crippen LogP contribution in [0, 0.1) is 0 Å². The molecule has 3 N–H and O–H groups in total. The van der Waals surface area contributed by atoms with E-state index >= 15 is 0 Å². The van der Waals surface area contributed by atoms with Crippen molar-refractivity contribution in [1.29, 1.82) is 0 Å². The second kappa shape index (κ2) is 7.26. The molecule has 1 saturated carbocycles. The van der Waals surface area contributed by atoms with Crippen molar-refractivity contribution in [2.24, 2.45) is 0 Å². The zero-order valence-corrected chi connectivity index (χ0v) is 12.2. The van der Waals surface area contributed by atoms with Gasteiger partial charge < -0.3 is 15.7 Å². The molecule has 0 unspecified atom stereocenters. The van der Waals surface area contributed by atoms with Gasteiger partial charge in [0.1, 0.15) is 5.54 Å². The molecule has 0 aromatic heterocycles. The molecule has 1 aliphatic carbocycles. The topological polar surface area (TPSA) is 95.5 Å². The Morgan fingerprint density at radius 1 is 1.10 bits per heavy atom. The van der Waals surface area contributed by atoms with E-state index in [2.05, 4.69) is 10.6 Å². The summed E-state index contributed by atoms with van der Waals surface area (Å²) >= 11 is 0. The Morgan fingerprint density at radius 2 is 1.65 bits per heavy atom. The second-order valence-corrected chi connectivity index (χ2v) is 5.72. The summed E-state index contributed by atoms with van der Waals surface area (Å²) in [5.41, 5.74) is -1.09. The number of carboxylic acids is 1. The quantitative estimate of drug-likeness (QED) is 0.654. The highest BCUT2D eigenvalue weighted by atomic mass is 16.4. The second-order valence-electron chi connectivity index (χ2n) is 5.72. The Labute approximate surface area is 119 Å². The van der Waals surface area contributed by atoms with Crippen molar-refractivity contribution < 1.29 is 19.5 Å². The van der Waals surface area contributed by atoms with Crippen LogP contribution in [0.3, 0.4) is 0 Å². The van der Waals surface area contributed by atoms with Gasteiger partial charge in [-0.3, -0.25) is 9.59 Å². The molecule has 0 saturated heterocycles. The zero-order valence-electron chi connectivity index (χ0n) is 12.2. The van der Waals surface area contributed by atoms with Crippen LogP contribution in [0.4, 0.5) is 0 Å². The smallest absolute Gasteiger partial charge is 0.329 e. The summed E-state index contributed by atoms with van der Waals surface area (Å²) in [7, 11) is 0. The molecule has 2 amide bonds. The van der Waals surface area contributed by atoms with E-state index in [1.807, 2.05) is 13.8 Å². The number of carboxylic acid groups (broad SMARTS) is 1. The average molecular weight is 284 g/mol. The lowest BCUT2D eigenvalue weighted by molar-refractivity contribution is -0.147. The molecule has 0 atom stereocenters. The van der Waals surface area contributed by atoms with Crippen molar-refractivity contribution in [3.05, 3.63) is 0 Å². The largest absolute Gasteiger partial charge is 0.480 e. The maximum Gasteiger partial charge on any atom is 0.329 e. The molecule has 114 valence electrons. The van der Waals surface area contributed by atoms with Gasteiger partial charge in [0, 0.05) is 18.9 Å². The SMILES string of the molecule is CC(C)NC(=O)CCCC(=O)NC1(C(=O)O)CCCC1. The predicted octanol–water partition coefficient (Wildman–Crippen LogP) is 1.19. The first kappa shape index (κ1) is 16.5. The minimum absolute atomic E-state index is 0.0818. The molecule has 0 radical (unpaired) electrons. The fourth-order valence-corrected chi connectivity index (χ4v) is 2.50. The van der Waals surface area contributed by atoms with Gasteiger partial charge in [-0.05, 0) is 33.1 Å². The van der Waals surface area contributed by atoms with Crippen LogP contribution >= 0.6 is 0 Å². The van der Waals surface area contributed by atoms with Crippen LogP contribution < -0.4 is 10.6 Å². The molecular formula is C14H24N2O4. The van der Waals surface area contributed by atoms with Crippen LogP contribution in [-0.4, -0.2) is 34.5 Å². The summed E-state index contributed by atoms with van der Waals surface area (Å²) in [5.74, 6) is -1.32. The van der Waals surface area contributed by atoms with Crippen LogP contribution in [0.25, 0.3) is 0 Å². The Hall–Kier alpha value is -1.59. The third-order valence-corrected chi connectivity index (χ3v) is 3.50. The number of carbonyl (C=O) groups is 3. The molecule has 1 aliphatic rings. The van der Waals surface area contributed by atoms with Gasteiger partial charge >= 0.3 is 5.97 Å². The van der Waals surface area contributed by atoms with E-state index in [0.717, 1.165) is 12.8 Å². The van der Waals surface area contributed by atoms with E-state index in [-0.39, 0.29) is 30.7 Å². The van der Waals surface area contributed by atoms with Gasteiger partial charge in [0.15, 0.2) is 0 Å². The first-order chi connectivity index (χ1) is 9.35. The van der Waals surface area contributed by atoms with Gasteiger partial charge in [0.2, 0.25) is 11.8 Å². The van der Waals surface area contributed by atoms with Crippen molar-refractivity contribution in [2.75, 3.05) is 0 Å². The molecule has 0 aromatic carbocycles. The van der Waals surface area contributed by atoms with Crippen molar-refractivity contribution in [2.45, 2.75) is 70.4 Å². The third kappa shape index (κ3) is 4.83. The zero-order chi connectivity index (χ0) is 15.2. The van der Waals surface area contributed by atoms with E-state index in [0.29, 0.717) is 19.3 Å². The van der Waals surface area contributed by atoms with Gasteiger partial charge in [0.25, 0.3) is 0 Å². The molecular weight excluding hydrogens is 260 g/mol. The molecule has 1 fully saturated rings. The van der Waals surface area contributed by atoms with E-state index in [4.69, 9.17) is 0 Å². The molecule has 0 aliphatic heterocycles. The molecule has 0 spiro atoms. The van der Waals surface area contributed by atoms with Gasteiger partial charge in [-0.2, -0.15) is 0 Å². The number of aliphatic carboxylic acids is 1. The summed E-state index contributed by atoms with van der Waals surface area (Å²) in [6, 6.07) is 0.0881. The minimum Gasteiger partial charge on any atom is -0.480 e. The summed E-state index contributed by atoms with van der Waals surface area (Å²) < 4.78 is 0. The minimum atomic E-state index is -1.09. The number of amides is 2. The molecule has 1 rings (SSSR count). The van der Waals surface area contributed by atoms with Gasteiger partial charge in [0.05, 0.1) is 0 Å². The lowest BCUT2D eigenvalue weighted by Crippen LogP contribution is -2.52. The highest BCUT2D eigenvalue weighted by Crippen LogP contribution is 2.30. The summed E-state index contributed by atoms with van der Waals surface area (Å²) in [6.45, 7) is 3.75. The van der Waals surface area contributed by atoms with E-state index in [1.165, 1.54) is 0 Å². The van der Waals surface area contributed by atoms with E-state index in [9.17, 15) is 19.5 Å². The summed E-state index contributed by atoms with van der Waals surface area (Å²) in [6.07, 6.45) is 3.52. The van der Waals surface area contributed by atoms with Crippen molar-refractivity contribution in [3.63, 3.8) is 0 Å². The fraction of sp³-hybridized carbons (Fsp3) is 0.786. The maximum absolute atomic E-state index is 11.8. The first-order valence-electron chi connectivity index (χ1n) is 7.19. The summed E-state index contributed by atoms with van der Waals surface area (Å²) in [4.78, 5) is 34.5. The molecule has 6 heteroatoms. The highest BCUT2D eigenvalue weighted by Gasteiger charge is 2.42. The molecule has 0 bridgehead atoms. The Morgan fingerprint density at radius 3 is 2.15 bits per heavy atom. The number of nitrogens with one attached hydrogen (secondary N) is 2. The maximum atomic E-state index is 11.8. The number of hydrogen-bond donors (Lipinski definition) is 3. The molecule has 0 heterocycles. The normalized spacial score (nSPS) is 16.9. The Balaban J connectivity index is 2.33. The Bertz CT molecular complexity index is 373. The lowest BCUT2D eigenvalue weighted by Gasteiger charge is -2.25. The van der Waals surface area contributed by atoms with E-state index in [1.54, 1.807) is 0 Å². The van der Waals surface area contributed by atoms with Crippen LogP contribution in [0.2, 0.25) is 0 Å². The Kier molecular flexibility index (Phi) is 5.98. The van der Waals surface area contributed by atoms with Gasteiger partial charge in [-0.25, -0.2) is 4.79 Å². The van der Waals surface area contributed by atoms with Crippen LogP contribution in [0.1, 0.15) is 58.8 Å². The predicted molar refractivity (Wildman–Crippen MR) is 74.1 cm³/mol. The summed E-state index contributed by atoms with van der Waals surface area (Å²) in [5, 5.41) is 14.6. The fourth-order valence-electron chi connectivity index (χ4n) is 2.50. The average Bonchev–Trinajstić information content (AvgIpc) is 2.77. The third-order valence-electron chi connectivity index (χ3n) is 3.50. The van der Waals surface area contributed by atoms with Gasteiger partial charge in [-0.1, -0.05) is 12.8 Å². The van der Waals surface area contributed by atoms with E-state index < -0.39 is 11.5 Å². The molecule has 0 aromatic rings. The number of rotatable bonds is 7. The van der Waals surface area contributed by atoms with Crippen molar-refractivity contribution in [1.82, 2.24) is 10.6 Å². The number of hydrogen-bond acceptors (Lipinski definition) is 3. The molecule has 20 heavy (non-hydrogen) atoms. The lowest BCUT2D eigenvalue weighted by atomic mass is 9.97. The monoisotopic (exact) mass is 284 g/mol. The van der Waals surface area contributed by atoms with Crippen molar-refractivity contribution in [3.8, 4) is 0 Å². The molecule has 6 nitrogen and oxygen atoms in total. The van der Waals surface area contributed by atoms with Crippen LogP contribution in [-0.2, 0) is 14.4 Å².